The highest BCUT2D eigenvalue weighted by molar-refractivity contribution is 7.90. The Kier molecular flexibility index (Phi) is 4.47. The van der Waals surface area contributed by atoms with Crippen molar-refractivity contribution >= 4 is 32.1 Å². The number of carbonyl (C=O) groups excluding carboxylic acids is 1. The van der Waals surface area contributed by atoms with Crippen molar-refractivity contribution in [1.29, 1.82) is 0 Å². The quantitative estimate of drug-likeness (QED) is 0.816. The van der Waals surface area contributed by atoms with E-state index in [1.807, 2.05) is 18.7 Å². The number of ketones is 1. The third kappa shape index (κ3) is 3.61. The molecule has 0 radical (unpaired) electrons. The van der Waals surface area contributed by atoms with Gasteiger partial charge in [-0.05, 0) is 12.1 Å². The Hall–Kier alpha value is -1.77. The summed E-state index contributed by atoms with van der Waals surface area (Å²) in [4.78, 5) is 19.5. The third-order valence-corrected chi connectivity index (χ3v) is 6.57. The molecule has 8 heteroatoms. The van der Waals surface area contributed by atoms with Crippen LogP contribution in [0.5, 0.6) is 0 Å². The number of β-amino-alcohol motifs (C(OH)–C–C–N with tert-alkyl or cyclic N) is 1. The summed E-state index contributed by atoms with van der Waals surface area (Å²) in [5, 5.41) is 10.8. The Bertz CT molecular complexity index is 918. The summed E-state index contributed by atoms with van der Waals surface area (Å²) in [7, 11) is -3.37. The predicted octanol–water partition coefficient (Wildman–Crippen LogP) is 1.98. The monoisotopic (exact) mass is 380 g/mol. The van der Waals surface area contributed by atoms with Gasteiger partial charge in [-0.15, -0.1) is 0 Å². The van der Waals surface area contributed by atoms with Gasteiger partial charge in [0.15, 0.2) is 15.0 Å². The van der Waals surface area contributed by atoms with Crippen LogP contribution < -0.4 is 4.90 Å². The van der Waals surface area contributed by atoms with Crippen molar-refractivity contribution in [3.05, 3.63) is 40.9 Å². The first-order valence-electron chi connectivity index (χ1n) is 7.81. The largest absolute Gasteiger partial charge is 0.391 e. The number of aliphatic hydroxyl groups is 1. The zero-order valence-electron chi connectivity index (χ0n) is 14.3. The van der Waals surface area contributed by atoms with Crippen LogP contribution in [0.3, 0.4) is 0 Å². The van der Waals surface area contributed by atoms with Gasteiger partial charge < -0.3 is 10.0 Å². The van der Waals surface area contributed by atoms with Gasteiger partial charge in [0, 0.05) is 30.3 Å². The Morgan fingerprint density at radius 1 is 1.40 bits per heavy atom. The van der Waals surface area contributed by atoms with Crippen molar-refractivity contribution in [3.63, 3.8) is 0 Å². The molecule has 1 saturated heterocycles. The molecule has 0 spiro atoms. The van der Waals surface area contributed by atoms with Gasteiger partial charge in [-0.25, -0.2) is 13.4 Å². The van der Waals surface area contributed by atoms with Crippen molar-refractivity contribution in [2.45, 2.75) is 24.8 Å². The number of hydrogen-bond donors (Lipinski definition) is 1. The van der Waals surface area contributed by atoms with Crippen LogP contribution in [-0.4, -0.2) is 49.7 Å². The first-order chi connectivity index (χ1) is 11.6. The van der Waals surface area contributed by atoms with Gasteiger partial charge in [0.1, 0.15) is 0 Å². The van der Waals surface area contributed by atoms with Gasteiger partial charge >= 0.3 is 0 Å². The molecule has 2 heterocycles. The van der Waals surface area contributed by atoms with Crippen LogP contribution >= 0.6 is 11.3 Å². The number of thiazole rings is 1. The van der Waals surface area contributed by atoms with E-state index in [0.717, 1.165) is 6.26 Å². The molecular weight excluding hydrogens is 360 g/mol. The molecule has 0 unspecified atom stereocenters. The molecule has 2 aromatic rings. The summed E-state index contributed by atoms with van der Waals surface area (Å²) in [6.07, 6.45) is 2.18. The van der Waals surface area contributed by atoms with Gasteiger partial charge in [0.05, 0.1) is 22.1 Å². The number of aliphatic hydroxyl groups excluding tert-OH is 1. The van der Waals surface area contributed by atoms with Crippen LogP contribution in [0.15, 0.2) is 35.4 Å². The topological polar surface area (TPSA) is 87.6 Å². The van der Waals surface area contributed by atoms with Crippen LogP contribution in [0.25, 0.3) is 0 Å². The number of rotatable bonds is 4. The fraction of sp³-hybridized carbons (Fsp3) is 0.412. The minimum atomic E-state index is -3.37. The molecule has 0 amide bonds. The minimum absolute atomic E-state index is 0.118. The van der Waals surface area contributed by atoms with E-state index in [1.165, 1.54) is 29.7 Å². The Labute approximate surface area is 151 Å². The first kappa shape index (κ1) is 18.0. The third-order valence-electron chi connectivity index (χ3n) is 4.41. The smallest absolute Gasteiger partial charge is 0.204 e. The number of aromatic nitrogens is 1. The van der Waals surface area contributed by atoms with Gasteiger partial charge in [0.25, 0.3) is 0 Å². The normalized spacial score (nSPS) is 20.0. The number of anilines is 1. The standard InChI is InChI=1S/C17H20N2O4S2/c1-17(2)10-19(9-14(17)20)16-18-8-13(24-16)15(21)11-5-4-6-12(7-11)25(3,22)23/h4-8,14,20H,9-10H2,1-3H3/t14-/m1/s1. The number of sulfone groups is 1. The summed E-state index contributed by atoms with van der Waals surface area (Å²) >= 11 is 1.25. The molecule has 25 heavy (non-hydrogen) atoms. The molecule has 1 aliphatic rings. The molecule has 1 N–H and O–H groups in total. The Balaban J connectivity index is 1.85. The van der Waals surface area contributed by atoms with E-state index in [0.29, 0.717) is 28.7 Å². The molecule has 1 aromatic heterocycles. The van der Waals surface area contributed by atoms with Crippen LogP contribution in [0.2, 0.25) is 0 Å². The van der Waals surface area contributed by atoms with Gasteiger partial charge in [-0.1, -0.05) is 37.3 Å². The summed E-state index contributed by atoms with van der Waals surface area (Å²) in [6, 6.07) is 6.02. The van der Waals surface area contributed by atoms with Gasteiger partial charge in [-0.3, -0.25) is 4.79 Å². The lowest BCUT2D eigenvalue weighted by Crippen LogP contribution is -2.26. The number of nitrogens with zero attached hydrogens (tertiary/aromatic N) is 2. The maximum absolute atomic E-state index is 12.7. The Morgan fingerprint density at radius 3 is 2.72 bits per heavy atom. The summed E-state index contributed by atoms with van der Waals surface area (Å²) < 4.78 is 23.3. The lowest BCUT2D eigenvalue weighted by atomic mass is 9.90. The fourth-order valence-corrected chi connectivity index (χ4v) is 4.34. The van der Waals surface area contributed by atoms with E-state index in [1.54, 1.807) is 12.1 Å². The van der Waals surface area contributed by atoms with Crippen LogP contribution in [-0.2, 0) is 9.84 Å². The first-order valence-corrected chi connectivity index (χ1v) is 10.5. The lowest BCUT2D eigenvalue weighted by molar-refractivity contribution is 0.0964. The highest BCUT2D eigenvalue weighted by atomic mass is 32.2. The highest BCUT2D eigenvalue weighted by Crippen LogP contribution is 2.35. The molecule has 134 valence electrons. The van der Waals surface area contributed by atoms with E-state index in [9.17, 15) is 18.3 Å². The number of hydrogen-bond acceptors (Lipinski definition) is 7. The van der Waals surface area contributed by atoms with E-state index in [-0.39, 0.29) is 16.1 Å². The molecule has 1 atom stereocenters. The van der Waals surface area contributed by atoms with Gasteiger partial charge in [0.2, 0.25) is 5.78 Å². The van der Waals surface area contributed by atoms with Crippen molar-refractivity contribution in [1.82, 2.24) is 4.98 Å². The summed E-state index contributed by atoms with van der Waals surface area (Å²) in [5.41, 5.74) is 0.0968. The molecule has 6 nitrogen and oxygen atoms in total. The van der Waals surface area contributed by atoms with E-state index in [2.05, 4.69) is 4.98 Å². The molecular formula is C17H20N2O4S2. The van der Waals surface area contributed by atoms with Crippen LogP contribution in [0, 0.1) is 5.41 Å². The van der Waals surface area contributed by atoms with E-state index < -0.39 is 15.9 Å². The van der Waals surface area contributed by atoms with Gasteiger partial charge in [-0.2, -0.15) is 0 Å². The SMILES string of the molecule is CC1(C)CN(c2ncc(C(=O)c3cccc(S(C)(=O)=O)c3)s2)C[C@H]1O. The zero-order chi connectivity index (χ0) is 18.4. The fourth-order valence-electron chi connectivity index (χ4n) is 2.79. The summed E-state index contributed by atoms with van der Waals surface area (Å²) in [5.74, 6) is -0.256. The van der Waals surface area contributed by atoms with E-state index in [4.69, 9.17) is 0 Å². The zero-order valence-corrected chi connectivity index (χ0v) is 15.9. The minimum Gasteiger partial charge on any atom is -0.391 e. The molecule has 1 aromatic carbocycles. The van der Waals surface area contributed by atoms with E-state index >= 15 is 0 Å². The van der Waals surface area contributed by atoms with Crippen LogP contribution in [0.1, 0.15) is 29.1 Å². The van der Waals surface area contributed by atoms with Crippen molar-refractivity contribution in [2.24, 2.45) is 5.41 Å². The average molecular weight is 380 g/mol. The maximum Gasteiger partial charge on any atom is 0.204 e. The van der Waals surface area contributed by atoms with Crippen molar-refractivity contribution < 1.29 is 18.3 Å². The lowest BCUT2D eigenvalue weighted by Gasteiger charge is -2.20. The highest BCUT2D eigenvalue weighted by Gasteiger charge is 2.39. The molecule has 1 fully saturated rings. The van der Waals surface area contributed by atoms with Crippen LogP contribution in [0.4, 0.5) is 5.13 Å². The second-order valence-corrected chi connectivity index (χ2v) is 10.0. The number of carbonyl (C=O) groups is 1. The summed E-state index contributed by atoms with van der Waals surface area (Å²) in [6.45, 7) is 5.14. The molecule has 0 aliphatic carbocycles. The maximum atomic E-state index is 12.7. The van der Waals surface area contributed by atoms with Crippen molar-refractivity contribution in [3.8, 4) is 0 Å². The second kappa shape index (κ2) is 6.19. The number of benzene rings is 1. The molecule has 0 bridgehead atoms. The molecule has 0 saturated carbocycles. The second-order valence-electron chi connectivity index (χ2n) is 7.02. The Morgan fingerprint density at radius 2 is 2.12 bits per heavy atom. The molecule has 1 aliphatic heterocycles. The predicted molar refractivity (Wildman–Crippen MR) is 97.1 cm³/mol. The van der Waals surface area contributed by atoms with Crippen molar-refractivity contribution in [2.75, 3.05) is 24.2 Å². The average Bonchev–Trinajstić information content (AvgIpc) is 3.11. The molecule has 3 rings (SSSR count).